The third-order valence-electron chi connectivity index (χ3n) is 1.29. The summed E-state index contributed by atoms with van der Waals surface area (Å²) < 4.78 is 5.28. The van der Waals surface area contributed by atoms with Crippen LogP contribution in [-0.4, -0.2) is 41.3 Å². The van der Waals surface area contributed by atoms with Crippen LogP contribution in [0.1, 0.15) is 13.8 Å². The van der Waals surface area contributed by atoms with Gasteiger partial charge in [-0.1, -0.05) is 0 Å². The Morgan fingerprint density at radius 1 is 1.62 bits per heavy atom. The van der Waals surface area contributed by atoms with Gasteiger partial charge in [-0.25, -0.2) is 0 Å². The predicted molar refractivity (Wildman–Crippen MR) is 54.0 cm³/mol. The summed E-state index contributed by atoms with van der Waals surface area (Å²) in [5.41, 5.74) is 5.30. The Bertz CT molecular complexity index is 152. The molecule has 0 spiro atoms. The monoisotopic (exact) mass is 207 g/mol. The van der Waals surface area contributed by atoms with E-state index >= 15 is 0 Å². The fourth-order valence-electron chi connectivity index (χ4n) is 0.624. The van der Waals surface area contributed by atoms with Gasteiger partial charge in [0.25, 0.3) is 0 Å². The molecular formula is C8H17NO3S. The maximum Gasteiger partial charge on any atom is 0.321 e. The lowest BCUT2D eigenvalue weighted by Crippen LogP contribution is -2.32. The summed E-state index contributed by atoms with van der Waals surface area (Å²) in [6.07, 6.45) is 0.230. The van der Waals surface area contributed by atoms with Crippen LogP contribution in [0.5, 0.6) is 0 Å². The van der Waals surface area contributed by atoms with Crippen LogP contribution >= 0.6 is 11.8 Å². The molecule has 0 saturated heterocycles. The molecule has 0 radical (unpaired) electrons. The fourth-order valence-corrected chi connectivity index (χ4v) is 1.40. The van der Waals surface area contributed by atoms with Gasteiger partial charge in [0, 0.05) is 11.5 Å². The van der Waals surface area contributed by atoms with Crippen LogP contribution in [0, 0.1) is 0 Å². The molecule has 0 aromatic heterocycles. The van der Waals surface area contributed by atoms with Crippen molar-refractivity contribution in [3.63, 3.8) is 0 Å². The zero-order valence-corrected chi connectivity index (χ0v) is 8.84. The number of nitrogens with two attached hydrogens (primary N) is 1. The summed E-state index contributed by atoms with van der Waals surface area (Å²) in [7, 11) is 0. The van der Waals surface area contributed by atoms with Crippen molar-refractivity contribution in [3.8, 4) is 0 Å². The minimum atomic E-state index is -0.947. The van der Waals surface area contributed by atoms with Gasteiger partial charge in [0.2, 0.25) is 0 Å². The number of ether oxygens (including phenoxy) is 1. The largest absolute Gasteiger partial charge is 0.480 e. The van der Waals surface area contributed by atoms with Crippen LogP contribution in [0.3, 0.4) is 0 Å². The maximum atomic E-state index is 10.3. The normalized spacial score (nSPS) is 13.2. The quantitative estimate of drug-likeness (QED) is 0.597. The molecule has 0 bridgehead atoms. The van der Waals surface area contributed by atoms with Gasteiger partial charge in [-0.3, -0.25) is 4.79 Å². The third kappa shape index (κ3) is 8.08. The lowest BCUT2D eigenvalue weighted by Gasteiger charge is -2.08. The topological polar surface area (TPSA) is 72.5 Å². The molecule has 0 rings (SSSR count). The molecule has 1 atom stereocenters. The Morgan fingerprint density at radius 3 is 2.69 bits per heavy atom. The second-order valence-corrected chi connectivity index (χ2v) is 4.09. The first-order valence-electron chi connectivity index (χ1n) is 4.21. The summed E-state index contributed by atoms with van der Waals surface area (Å²) in [6.45, 7) is 4.58. The van der Waals surface area contributed by atoms with E-state index in [4.69, 9.17) is 15.6 Å². The number of aliphatic carboxylic acids is 1. The van der Waals surface area contributed by atoms with E-state index in [1.165, 1.54) is 11.8 Å². The Labute approximate surface area is 82.8 Å². The Balaban J connectivity index is 3.21. The molecule has 5 heteroatoms. The second kappa shape index (κ2) is 7.17. The average Bonchev–Trinajstić information content (AvgIpc) is 2.02. The van der Waals surface area contributed by atoms with E-state index in [0.717, 1.165) is 5.75 Å². The van der Waals surface area contributed by atoms with Crippen LogP contribution in [0.25, 0.3) is 0 Å². The van der Waals surface area contributed by atoms with Crippen molar-refractivity contribution in [2.45, 2.75) is 26.0 Å². The minimum absolute atomic E-state index is 0.230. The summed E-state index contributed by atoms with van der Waals surface area (Å²) in [5.74, 6) is 0.285. The molecule has 78 valence electrons. The molecule has 0 fully saturated rings. The van der Waals surface area contributed by atoms with Crippen molar-refractivity contribution >= 4 is 17.7 Å². The van der Waals surface area contributed by atoms with E-state index in [0.29, 0.717) is 12.4 Å². The van der Waals surface area contributed by atoms with Gasteiger partial charge in [0.15, 0.2) is 0 Å². The van der Waals surface area contributed by atoms with Crippen molar-refractivity contribution in [1.82, 2.24) is 0 Å². The second-order valence-electron chi connectivity index (χ2n) is 2.94. The molecule has 0 amide bonds. The van der Waals surface area contributed by atoms with Crippen molar-refractivity contribution in [1.29, 1.82) is 0 Å². The SMILES string of the molecule is CC(C)OCCSC[C@H](N)C(=O)O. The average molecular weight is 207 g/mol. The van der Waals surface area contributed by atoms with E-state index in [1.54, 1.807) is 0 Å². The highest BCUT2D eigenvalue weighted by Gasteiger charge is 2.10. The highest BCUT2D eigenvalue weighted by atomic mass is 32.2. The highest BCUT2D eigenvalue weighted by Crippen LogP contribution is 2.02. The summed E-state index contributed by atoms with van der Waals surface area (Å²) in [5, 5.41) is 8.46. The molecule has 0 unspecified atom stereocenters. The van der Waals surface area contributed by atoms with Gasteiger partial charge in [-0.15, -0.1) is 0 Å². The minimum Gasteiger partial charge on any atom is -0.480 e. The van der Waals surface area contributed by atoms with E-state index in [-0.39, 0.29) is 6.10 Å². The molecule has 0 saturated carbocycles. The van der Waals surface area contributed by atoms with Gasteiger partial charge in [-0.05, 0) is 13.8 Å². The molecule has 0 aliphatic rings. The number of carboxylic acids is 1. The maximum absolute atomic E-state index is 10.3. The standard InChI is InChI=1S/C8H17NO3S/c1-6(2)12-3-4-13-5-7(9)8(10)11/h6-7H,3-5,9H2,1-2H3,(H,10,11)/t7-/m0/s1. The fraction of sp³-hybridized carbons (Fsp3) is 0.875. The van der Waals surface area contributed by atoms with Gasteiger partial charge in [0.05, 0.1) is 12.7 Å². The van der Waals surface area contributed by atoms with E-state index in [1.807, 2.05) is 13.8 Å². The Hall–Kier alpha value is -0.260. The van der Waals surface area contributed by atoms with E-state index < -0.39 is 12.0 Å². The molecule has 0 aromatic carbocycles. The predicted octanol–water partition coefficient (Wildman–Crippen LogP) is 0.556. The van der Waals surface area contributed by atoms with Crippen molar-refractivity contribution in [2.24, 2.45) is 5.73 Å². The zero-order valence-electron chi connectivity index (χ0n) is 8.03. The number of carboxylic acid groups (broad SMARTS) is 1. The number of carbonyl (C=O) groups is 1. The number of hydrogen-bond donors (Lipinski definition) is 2. The lowest BCUT2D eigenvalue weighted by molar-refractivity contribution is -0.137. The van der Waals surface area contributed by atoms with Crippen LogP contribution in [0.4, 0.5) is 0 Å². The van der Waals surface area contributed by atoms with Crippen LogP contribution < -0.4 is 5.73 Å². The molecule has 3 N–H and O–H groups in total. The first-order chi connectivity index (χ1) is 6.04. The van der Waals surface area contributed by atoms with Crippen molar-refractivity contribution in [3.05, 3.63) is 0 Å². The van der Waals surface area contributed by atoms with Crippen molar-refractivity contribution in [2.75, 3.05) is 18.1 Å². The summed E-state index contributed by atoms with van der Waals surface area (Å²) in [6, 6.07) is -0.760. The zero-order chi connectivity index (χ0) is 10.3. The Kier molecular flexibility index (Phi) is 7.03. The van der Waals surface area contributed by atoms with Gasteiger partial charge in [-0.2, -0.15) is 11.8 Å². The van der Waals surface area contributed by atoms with Crippen LogP contribution in [0.15, 0.2) is 0 Å². The molecular weight excluding hydrogens is 190 g/mol. The first kappa shape index (κ1) is 12.7. The smallest absolute Gasteiger partial charge is 0.321 e. The van der Waals surface area contributed by atoms with Gasteiger partial charge >= 0.3 is 5.97 Å². The number of thioether (sulfide) groups is 1. The van der Waals surface area contributed by atoms with E-state index in [9.17, 15) is 4.79 Å². The number of rotatable bonds is 7. The molecule has 0 heterocycles. The molecule has 13 heavy (non-hydrogen) atoms. The van der Waals surface area contributed by atoms with Gasteiger partial charge < -0.3 is 15.6 Å². The summed E-state index contributed by atoms with van der Waals surface area (Å²) in [4.78, 5) is 10.3. The molecule has 0 aromatic rings. The molecule has 4 nitrogen and oxygen atoms in total. The molecule has 0 aliphatic carbocycles. The van der Waals surface area contributed by atoms with E-state index in [2.05, 4.69) is 0 Å². The Morgan fingerprint density at radius 2 is 2.23 bits per heavy atom. The summed E-state index contributed by atoms with van der Waals surface area (Å²) >= 11 is 1.50. The lowest BCUT2D eigenvalue weighted by atomic mass is 10.4. The molecule has 0 aliphatic heterocycles. The van der Waals surface area contributed by atoms with Crippen molar-refractivity contribution < 1.29 is 14.6 Å². The highest BCUT2D eigenvalue weighted by molar-refractivity contribution is 7.99. The van der Waals surface area contributed by atoms with Gasteiger partial charge in [0.1, 0.15) is 6.04 Å². The third-order valence-corrected chi connectivity index (χ3v) is 2.34. The number of hydrogen-bond acceptors (Lipinski definition) is 4. The van der Waals surface area contributed by atoms with Crippen LogP contribution in [-0.2, 0) is 9.53 Å². The first-order valence-corrected chi connectivity index (χ1v) is 5.37. The van der Waals surface area contributed by atoms with Crippen LogP contribution in [0.2, 0.25) is 0 Å².